The van der Waals surface area contributed by atoms with Crippen LogP contribution in [0.4, 0.5) is 10.5 Å². The summed E-state index contributed by atoms with van der Waals surface area (Å²) in [7, 11) is 0. The number of rotatable bonds is 12. The minimum absolute atomic E-state index is 0.0239. The quantitative estimate of drug-likeness (QED) is 0.108. The Morgan fingerprint density at radius 2 is 1.51 bits per heavy atom. The fraction of sp³-hybridized carbons (Fsp3) is 0.319. The Morgan fingerprint density at radius 3 is 2.23 bits per heavy atom. The van der Waals surface area contributed by atoms with Gasteiger partial charge in [-0.05, 0) is 110 Å². The number of ether oxygens (including phenoxy) is 4. The lowest BCUT2D eigenvalue weighted by molar-refractivity contribution is -0.253. The molecule has 3 N–H and O–H groups in total. The number of carbonyl (C=O) groups is 2. The summed E-state index contributed by atoms with van der Waals surface area (Å²) in [5, 5.41) is 15.4. The van der Waals surface area contributed by atoms with E-state index in [-0.39, 0.29) is 36.9 Å². The molecule has 5 aromatic rings. The molecule has 5 aromatic carbocycles. The highest BCUT2D eigenvalue weighted by atomic mass is 16.7. The van der Waals surface area contributed by atoms with Crippen LogP contribution in [0, 0.1) is 0 Å². The number of esters is 1. The van der Waals surface area contributed by atoms with Crippen LogP contribution >= 0.6 is 0 Å². The Labute approximate surface area is 334 Å². The normalized spacial score (nSPS) is 19.8. The van der Waals surface area contributed by atoms with Gasteiger partial charge < -0.3 is 34.7 Å². The summed E-state index contributed by atoms with van der Waals surface area (Å²) in [5.41, 5.74) is 5.84. The van der Waals surface area contributed by atoms with Crippen molar-refractivity contribution in [1.82, 2.24) is 10.2 Å². The monoisotopic (exact) mass is 769 g/mol. The van der Waals surface area contributed by atoms with Crippen LogP contribution in [-0.4, -0.2) is 52.8 Å². The highest BCUT2D eigenvalue weighted by molar-refractivity contribution is 5.89. The number of amides is 2. The molecule has 57 heavy (non-hydrogen) atoms. The topological polar surface area (TPSA) is 119 Å². The van der Waals surface area contributed by atoms with Crippen molar-refractivity contribution in [2.75, 3.05) is 18.4 Å². The Morgan fingerprint density at radius 1 is 0.789 bits per heavy atom. The van der Waals surface area contributed by atoms with Gasteiger partial charge in [0, 0.05) is 30.8 Å². The summed E-state index contributed by atoms with van der Waals surface area (Å²) in [6, 6.07) is 40.3. The number of urea groups is 1. The Balaban J connectivity index is 0.986. The fourth-order valence-electron chi connectivity index (χ4n) is 7.26. The lowest BCUT2D eigenvalue weighted by Crippen LogP contribution is -2.45. The molecule has 10 heteroatoms. The number of nitrogens with one attached hydrogen (secondary N) is 2. The van der Waals surface area contributed by atoms with Crippen LogP contribution in [0.1, 0.15) is 74.7 Å². The largest absolute Gasteiger partial charge is 0.459 e. The van der Waals surface area contributed by atoms with E-state index in [9.17, 15) is 14.7 Å². The van der Waals surface area contributed by atoms with Gasteiger partial charge in [0.1, 0.15) is 23.1 Å². The smallest absolute Gasteiger partial charge is 0.323 e. The second-order valence-electron chi connectivity index (χ2n) is 15.6. The molecule has 296 valence electrons. The van der Waals surface area contributed by atoms with Crippen molar-refractivity contribution in [3.63, 3.8) is 0 Å². The number of anilines is 1. The first-order valence-electron chi connectivity index (χ1n) is 19.6. The molecular weight excluding hydrogens is 719 g/mol. The number of para-hydroxylation sites is 1. The van der Waals surface area contributed by atoms with Crippen molar-refractivity contribution in [3.05, 3.63) is 150 Å². The predicted molar refractivity (Wildman–Crippen MR) is 220 cm³/mol. The number of nitrogens with zero attached hydrogens (tertiary/aromatic N) is 1. The van der Waals surface area contributed by atoms with Gasteiger partial charge in [0.25, 0.3) is 0 Å². The molecule has 0 aliphatic carbocycles. The zero-order valence-electron chi connectivity index (χ0n) is 32.7. The molecule has 2 heterocycles. The van der Waals surface area contributed by atoms with E-state index in [1.54, 1.807) is 12.1 Å². The molecule has 2 saturated heterocycles. The maximum Gasteiger partial charge on any atom is 0.323 e. The van der Waals surface area contributed by atoms with Gasteiger partial charge in [-0.2, -0.15) is 0 Å². The molecule has 0 unspecified atom stereocenters. The maximum atomic E-state index is 13.1. The van der Waals surface area contributed by atoms with Gasteiger partial charge in [0.2, 0.25) is 0 Å². The van der Waals surface area contributed by atoms with Crippen molar-refractivity contribution in [2.45, 2.75) is 83.3 Å². The summed E-state index contributed by atoms with van der Waals surface area (Å²) in [4.78, 5) is 28.1. The van der Waals surface area contributed by atoms with Gasteiger partial charge in [0.05, 0.1) is 18.8 Å². The number of benzene rings is 5. The Kier molecular flexibility index (Phi) is 12.7. The molecule has 2 amide bonds. The summed E-state index contributed by atoms with van der Waals surface area (Å²) < 4.78 is 24.9. The van der Waals surface area contributed by atoms with Crippen LogP contribution in [0.2, 0.25) is 0 Å². The van der Waals surface area contributed by atoms with Crippen LogP contribution in [0.3, 0.4) is 0 Å². The lowest BCUT2D eigenvalue weighted by Gasteiger charge is -2.38. The van der Waals surface area contributed by atoms with E-state index in [4.69, 9.17) is 18.9 Å². The number of hydrogen-bond acceptors (Lipinski definition) is 8. The van der Waals surface area contributed by atoms with E-state index in [0.29, 0.717) is 30.9 Å². The van der Waals surface area contributed by atoms with Crippen molar-refractivity contribution in [3.8, 4) is 22.6 Å². The van der Waals surface area contributed by atoms with Crippen LogP contribution in [0.15, 0.2) is 127 Å². The molecule has 7 rings (SSSR count). The Bertz CT molecular complexity index is 2080. The van der Waals surface area contributed by atoms with Crippen molar-refractivity contribution in [1.29, 1.82) is 0 Å². The van der Waals surface area contributed by atoms with Crippen LogP contribution < -0.4 is 15.4 Å². The highest BCUT2D eigenvalue weighted by Crippen LogP contribution is 2.39. The average molecular weight is 770 g/mol. The molecule has 2 aliphatic rings. The van der Waals surface area contributed by atoms with E-state index >= 15 is 0 Å². The molecule has 0 spiro atoms. The summed E-state index contributed by atoms with van der Waals surface area (Å²) in [6.07, 6.45) is 1.26. The first-order valence-corrected chi connectivity index (χ1v) is 19.6. The van der Waals surface area contributed by atoms with E-state index in [0.717, 1.165) is 58.5 Å². The standard InChI is InChI=1S/C47H51N3O7/c1-47(2,3)57-44(52)42-13-8-26-50(42)30-41-28-43(35-16-14-32(31-51)15-17-35)56-45(55-41)36-20-18-34(19-21-36)37-10-7-9-33(27-37)29-48-46(53)49-38-22-24-40(25-23-38)54-39-11-5-4-6-12-39/h4-7,9-12,14-25,27,41-43,45,51H,8,13,26,28-31H2,1-3H3,(H2,48,49,53)/t41-,42+,43+,45+/m1/s1. The molecule has 2 fully saturated rings. The van der Waals surface area contributed by atoms with Crippen molar-refractivity contribution in [2.24, 2.45) is 0 Å². The van der Waals surface area contributed by atoms with Gasteiger partial charge in [-0.25, -0.2) is 4.79 Å². The molecular formula is C47H51N3O7. The molecule has 0 radical (unpaired) electrons. The first-order chi connectivity index (χ1) is 27.6. The fourth-order valence-corrected chi connectivity index (χ4v) is 7.26. The van der Waals surface area contributed by atoms with Crippen LogP contribution in [0.5, 0.6) is 11.5 Å². The molecule has 0 bridgehead atoms. The second kappa shape index (κ2) is 18.2. The van der Waals surface area contributed by atoms with Crippen molar-refractivity contribution >= 4 is 17.7 Å². The zero-order chi connectivity index (χ0) is 39.8. The number of carbonyl (C=O) groups excluding carboxylic acids is 2. The van der Waals surface area contributed by atoms with E-state index in [1.807, 2.05) is 118 Å². The third-order valence-corrected chi connectivity index (χ3v) is 10.1. The zero-order valence-corrected chi connectivity index (χ0v) is 32.7. The summed E-state index contributed by atoms with van der Waals surface area (Å²) in [5.74, 6) is 1.24. The molecule has 0 aromatic heterocycles. The number of hydrogen-bond donors (Lipinski definition) is 3. The minimum Gasteiger partial charge on any atom is -0.459 e. The minimum atomic E-state index is -0.621. The summed E-state index contributed by atoms with van der Waals surface area (Å²) in [6.45, 7) is 7.41. The van der Waals surface area contributed by atoms with E-state index in [1.165, 1.54) is 0 Å². The predicted octanol–water partition coefficient (Wildman–Crippen LogP) is 9.31. The lowest BCUT2D eigenvalue weighted by atomic mass is 9.98. The number of aliphatic hydroxyl groups excluding tert-OH is 1. The second-order valence-corrected chi connectivity index (χ2v) is 15.6. The van der Waals surface area contributed by atoms with Gasteiger partial charge in [-0.15, -0.1) is 0 Å². The molecule has 0 saturated carbocycles. The molecule has 4 atom stereocenters. The van der Waals surface area contributed by atoms with Gasteiger partial charge >= 0.3 is 12.0 Å². The Hall–Kier alpha value is -5.52. The number of likely N-dealkylation sites (tertiary alicyclic amines) is 1. The average Bonchev–Trinajstić information content (AvgIpc) is 3.69. The molecule has 10 nitrogen and oxygen atoms in total. The van der Waals surface area contributed by atoms with Crippen molar-refractivity contribution < 1.29 is 33.6 Å². The summed E-state index contributed by atoms with van der Waals surface area (Å²) >= 11 is 0. The van der Waals surface area contributed by atoms with Gasteiger partial charge in [-0.1, -0.05) is 84.9 Å². The van der Waals surface area contributed by atoms with E-state index in [2.05, 4.69) is 33.7 Å². The van der Waals surface area contributed by atoms with Gasteiger partial charge in [0.15, 0.2) is 6.29 Å². The van der Waals surface area contributed by atoms with E-state index < -0.39 is 11.9 Å². The SMILES string of the molecule is CC(C)(C)OC(=O)[C@@H]1CCCN1C[C@H]1C[C@@H](c2ccc(CO)cc2)O[C@@H](c2ccc(-c3cccc(CNC(=O)Nc4ccc(Oc5ccccc5)cc4)c3)cc2)O1. The molecule has 2 aliphatic heterocycles. The van der Waals surface area contributed by atoms with Gasteiger partial charge in [-0.3, -0.25) is 9.69 Å². The third-order valence-electron chi connectivity index (χ3n) is 10.1. The highest BCUT2D eigenvalue weighted by Gasteiger charge is 2.39. The van der Waals surface area contributed by atoms with Crippen LogP contribution in [-0.2, 0) is 32.2 Å². The van der Waals surface area contributed by atoms with Crippen LogP contribution in [0.25, 0.3) is 11.1 Å². The number of aliphatic hydroxyl groups is 1. The third kappa shape index (κ3) is 10.9. The first kappa shape index (κ1) is 39.7. The maximum absolute atomic E-state index is 13.1.